The minimum Gasteiger partial charge on any atom is -0.444 e. The average Bonchev–Trinajstić information content (AvgIpc) is 2.69. The molecule has 0 saturated carbocycles. The second-order valence-corrected chi connectivity index (χ2v) is 11.7. The smallest absolute Gasteiger partial charge is 0.410 e. The van der Waals surface area contributed by atoms with Crippen LogP contribution in [0.3, 0.4) is 0 Å². The first-order chi connectivity index (χ1) is 15.5. The Bertz CT molecular complexity index is 1050. The number of carbonyl (C=O) groups is 2. The minimum atomic E-state index is -0.581. The molecule has 3 rings (SSSR count). The second-order valence-electron chi connectivity index (χ2n) is 9.30. The van der Waals surface area contributed by atoms with Gasteiger partial charge < -0.3 is 9.64 Å². The standard InChI is InChI=1S/C25H29Br3N2O3/c1-16-9-21(28)12-19(22(16)13-26)10-18-11-20(27)6-5-17(18)14-29-7-8-30(15-23(29)31)24(32)33-25(2,3)4/h5-6,9,11-12H,7-8,10,13-15H2,1-4H3. The third kappa shape index (κ3) is 7.06. The first-order valence-electron chi connectivity index (χ1n) is 10.8. The van der Waals surface area contributed by atoms with Crippen molar-refractivity contribution in [3.05, 3.63) is 67.1 Å². The summed E-state index contributed by atoms with van der Waals surface area (Å²) in [5, 5.41) is 0.788. The van der Waals surface area contributed by atoms with Crippen molar-refractivity contribution in [3.63, 3.8) is 0 Å². The number of hydrogen-bond donors (Lipinski definition) is 0. The van der Waals surface area contributed by atoms with E-state index < -0.39 is 11.7 Å². The molecule has 2 aromatic rings. The van der Waals surface area contributed by atoms with Gasteiger partial charge in [0.05, 0.1) is 0 Å². The van der Waals surface area contributed by atoms with E-state index in [4.69, 9.17) is 4.74 Å². The number of amides is 2. The van der Waals surface area contributed by atoms with Gasteiger partial charge in [-0.25, -0.2) is 4.79 Å². The fourth-order valence-corrected chi connectivity index (χ4v) is 5.70. The third-order valence-electron chi connectivity index (χ3n) is 5.54. The second kappa shape index (κ2) is 10.9. The normalized spacial score (nSPS) is 14.6. The largest absolute Gasteiger partial charge is 0.444 e. The zero-order valence-corrected chi connectivity index (χ0v) is 24.1. The molecule has 0 radical (unpaired) electrons. The maximum Gasteiger partial charge on any atom is 0.410 e. The Hall–Kier alpha value is -1.38. The van der Waals surface area contributed by atoms with Gasteiger partial charge in [-0.15, -0.1) is 0 Å². The summed E-state index contributed by atoms with van der Waals surface area (Å²) in [5.74, 6) is -0.0691. The predicted molar refractivity (Wildman–Crippen MR) is 142 cm³/mol. The van der Waals surface area contributed by atoms with Crippen LogP contribution in [0.1, 0.15) is 48.6 Å². The predicted octanol–water partition coefficient (Wildman–Crippen LogP) is 6.59. The van der Waals surface area contributed by atoms with Gasteiger partial charge in [-0.2, -0.15) is 0 Å². The van der Waals surface area contributed by atoms with Gasteiger partial charge in [0.2, 0.25) is 5.91 Å². The molecule has 178 valence electrons. The zero-order chi connectivity index (χ0) is 24.3. The van der Waals surface area contributed by atoms with E-state index in [0.29, 0.717) is 19.6 Å². The van der Waals surface area contributed by atoms with Crippen molar-refractivity contribution in [3.8, 4) is 0 Å². The van der Waals surface area contributed by atoms with Gasteiger partial charge in [0.1, 0.15) is 12.1 Å². The highest BCUT2D eigenvalue weighted by molar-refractivity contribution is 9.10. The fourth-order valence-electron chi connectivity index (χ4n) is 3.87. The summed E-state index contributed by atoms with van der Waals surface area (Å²) < 4.78 is 7.49. The van der Waals surface area contributed by atoms with Gasteiger partial charge in [-0.1, -0.05) is 53.9 Å². The molecule has 1 saturated heterocycles. The summed E-state index contributed by atoms with van der Waals surface area (Å²) in [6, 6.07) is 10.5. The van der Waals surface area contributed by atoms with Gasteiger partial charge in [0, 0.05) is 33.9 Å². The van der Waals surface area contributed by atoms with Gasteiger partial charge >= 0.3 is 6.09 Å². The zero-order valence-electron chi connectivity index (χ0n) is 19.4. The quantitative estimate of drug-likeness (QED) is 0.346. The molecule has 5 nitrogen and oxygen atoms in total. The lowest BCUT2D eigenvalue weighted by Crippen LogP contribution is -2.52. The topological polar surface area (TPSA) is 49.9 Å². The molecule has 1 fully saturated rings. The number of carbonyl (C=O) groups excluding carboxylic acids is 2. The summed E-state index contributed by atoms with van der Waals surface area (Å²) >= 11 is 10.9. The van der Waals surface area contributed by atoms with Crippen LogP contribution in [0.5, 0.6) is 0 Å². The molecule has 2 aromatic carbocycles. The Morgan fingerprint density at radius 2 is 1.73 bits per heavy atom. The number of alkyl halides is 1. The van der Waals surface area contributed by atoms with Crippen molar-refractivity contribution in [1.82, 2.24) is 9.80 Å². The molecule has 0 aliphatic carbocycles. The van der Waals surface area contributed by atoms with E-state index in [1.165, 1.54) is 27.2 Å². The third-order valence-corrected chi connectivity index (χ3v) is 7.06. The van der Waals surface area contributed by atoms with Gasteiger partial charge in [-0.05, 0) is 86.2 Å². The van der Waals surface area contributed by atoms with Crippen LogP contribution in [0.15, 0.2) is 39.3 Å². The first-order valence-corrected chi connectivity index (χ1v) is 13.5. The van der Waals surface area contributed by atoms with Crippen LogP contribution in [0.2, 0.25) is 0 Å². The van der Waals surface area contributed by atoms with E-state index in [2.05, 4.69) is 79.0 Å². The van der Waals surface area contributed by atoms with E-state index >= 15 is 0 Å². The Balaban J connectivity index is 1.77. The molecule has 33 heavy (non-hydrogen) atoms. The van der Waals surface area contributed by atoms with Crippen molar-refractivity contribution in [2.45, 2.75) is 51.6 Å². The molecular weight excluding hydrogens is 616 g/mol. The SMILES string of the molecule is Cc1cc(Br)cc(Cc2cc(Br)ccc2CN2CCN(C(=O)OC(C)(C)C)CC2=O)c1CBr. The summed E-state index contributed by atoms with van der Waals surface area (Å²) in [6.07, 6.45) is 0.328. The Labute approximate surface area is 221 Å². The average molecular weight is 645 g/mol. The van der Waals surface area contributed by atoms with E-state index in [1.807, 2.05) is 31.7 Å². The lowest BCUT2D eigenvalue weighted by atomic mass is 9.94. The molecule has 8 heteroatoms. The Morgan fingerprint density at radius 3 is 2.36 bits per heavy atom. The summed E-state index contributed by atoms with van der Waals surface area (Å²) in [5.41, 5.74) is 5.47. The lowest BCUT2D eigenvalue weighted by molar-refractivity contribution is -0.136. The maximum atomic E-state index is 12.9. The number of hydrogen-bond acceptors (Lipinski definition) is 3. The van der Waals surface area contributed by atoms with Gasteiger partial charge in [-0.3, -0.25) is 9.69 Å². The summed E-state index contributed by atoms with van der Waals surface area (Å²) in [4.78, 5) is 28.5. The lowest BCUT2D eigenvalue weighted by Gasteiger charge is -2.35. The number of rotatable bonds is 5. The fraction of sp³-hybridized carbons (Fsp3) is 0.440. The molecule has 1 aliphatic rings. The van der Waals surface area contributed by atoms with E-state index in [0.717, 1.165) is 26.3 Å². The first kappa shape index (κ1) is 26.2. The highest BCUT2D eigenvalue weighted by Crippen LogP contribution is 2.28. The van der Waals surface area contributed by atoms with Crippen LogP contribution in [0.4, 0.5) is 4.79 Å². The van der Waals surface area contributed by atoms with Crippen molar-refractivity contribution < 1.29 is 14.3 Å². The van der Waals surface area contributed by atoms with Crippen LogP contribution in [-0.4, -0.2) is 47.0 Å². The van der Waals surface area contributed by atoms with Crippen LogP contribution < -0.4 is 0 Å². The molecule has 0 aromatic heterocycles. The summed E-state index contributed by atoms with van der Waals surface area (Å²) in [6.45, 7) is 9.10. The van der Waals surface area contributed by atoms with Crippen LogP contribution >= 0.6 is 47.8 Å². The molecular formula is C25H29Br3N2O3. The van der Waals surface area contributed by atoms with Crippen molar-refractivity contribution in [1.29, 1.82) is 0 Å². The monoisotopic (exact) mass is 642 g/mol. The summed E-state index contributed by atoms with van der Waals surface area (Å²) in [7, 11) is 0. The van der Waals surface area contributed by atoms with E-state index in [9.17, 15) is 9.59 Å². The van der Waals surface area contributed by atoms with E-state index in [-0.39, 0.29) is 12.5 Å². The molecule has 1 aliphatic heterocycles. The number of nitrogens with zero attached hydrogens (tertiary/aromatic N) is 2. The molecule has 2 amide bonds. The molecule has 0 atom stereocenters. The number of halogens is 3. The van der Waals surface area contributed by atoms with Crippen molar-refractivity contribution in [2.75, 3.05) is 19.6 Å². The van der Waals surface area contributed by atoms with E-state index in [1.54, 1.807) is 0 Å². The van der Waals surface area contributed by atoms with Gasteiger partial charge in [0.15, 0.2) is 0 Å². The number of benzene rings is 2. The van der Waals surface area contributed by atoms with Crippen LogP contribution in [-0.2, 0) is 27.8 Å². The highest BCUT2D eigenvalue weighted by Gasteiger charge is 2.30. The molecule has 0 unspecified atom stereocenters. The molecule has 0 spiro atoms. The highest BCUT2D eigenvalue weighted by atomic mass is 79.9. The number of ether oxygens (including phenoxy) is 1. The maximum absolute atomic E-state index is 12.9. The minimum absolute atomic E-state index is 0.0410. The Kier molecular flexibility index (Phi) is 8.67. The van der Waals surface area contributed by atoms with Crippen molar-refractivity contribution in [2.24, 2.45) is 0 Å². The molecule has 1 heterocycles. The number of piperazine rings is 1. The molecule has 0 bridgehead atoms. The van der Waals surface area contributed by atoms with Crippen LogP contribution in [0.25, 0.3) is 0 Å². The molecule has 0 N–H and O–H groups in total. The Morgan fingerprint density at radius 1 is 1.03 bits per heavy atom. The van der Waals surface area contributed by atoms with Crippen molar-refractivity contribution >= 4 is 59.8 Å². The van der Waals surface area contributed by atoms with Crippen LogP contribution in [0, 0.1) is 6.92 Å². The number of aryl methyl sites for hydroxylation is 1. The van der Waals surface area contributed by atoms with Gasteiger partial charge in [0.25, 0.3) is 0 Å².